The molecule has 0 radical (unpaired) electrons. The minimum absolute atomic E-state index is 0. The van der Waals surface area contributed by atoms with Crippen LogP contribution in [0.15, 0.2) is 30.3 Å². The summed E-state index contributed by atoms with van der Waals surface area (Å²) in [6.45, 7) is 3.22. The third-order valence-electron chi connectivity index (χ3n) is 4.50. The van der Waals surface area contributed by atoms with Crippen LogP contribution in [0.1, 0.15) is 13.8 Å². The van der Waals surface area contributed by atoms with Gasteiger partial charge in [-0.25, -0.2) is 4.79 Å². The van der Waals surface area contributed by atoms with Crippen LogP contribution >= 0.6 is 11.8 Å². The zero-order valence-electron chi connectivity index (χ0n) is 14.6. The van der Waals surface area contributed by atoms with Gasteiger partial charge in [0.05, 0.1) is 0 Å². The Hall–Kier alpha value is -1.26. The van der Waals surface area contributed by atoms with Crippen LogP contribution in [0.25, 0.3) is 0 Å². The molecule has 2 aliphatic rings. The van der Waals surface area contributed by atoms with Crippen LogP contribution in [0, 0.1) is 0 Å². The van der Waals surface area contributed by atoms with Crippen LogP contribution < -0.4 is 10.1 Å². The van der Waals surface area contributed by atoms with Crippen LogP contribution in [0.4, 0.5) is 0 Å². The van der Waals surface area contributed by atoms with Gasteiger partial charge in [0.1, 0.15) is 17.2 Å². The predicted octanol–water partition coefficient (Wildman–Crippen LogP) is 0.0227. The molecule has 2 amide bonds. The summed E-state index contributed by atoms with van der Waals surface area (Å²) in [6.07, 6.45) is 0. The number of nitrogens with zero attached hydrogens (tertiary/aromatic N) is 1. The number of aliphatic carboxylic acids is 1. The van der Waals surface area contributed by atoms with E-state index in [1.165, 1.54) is 23.8 Å². The van der Waals surface area contributed by atoms with Crippen molar-refractivity contribution < 1.29 is 29.0 Å². The van der Waals surface area contributed by atoms with Gasteiger partial charge in [0.2, 0.25) is 0 Å². The third kappa shape index (κ3) is 3.71. The number of carboxylic acids is 1. The van der Waals surface area contributed by atoms with Gasteiger partial charge in [-0.05, 0) is 26.0 Å². The number of methoxy groups -OCH3 is 1. The van der Waals surface area contributed by atoms with E-state index in [4.69, 9.17) is 9.47 Å². The zero-order valence-corrected chi connectivity index (χ0v) is 15.4. The van der Waals surface area contributed by atoms with Crippen molar-refractivity contribution in [3.05, 3.63) is 30.3 Å². The van der Waals surface area contributed by atoms with Gasteiger partial charge in [-0.1, -0.05) is 18.2 Å². The van der Waals surface area contributed by atoms with E-state index in [0.29, 0.717) is 5.75 Å². The first-order valence-electron chi connectivity index (χ1n) is 8.00. The fraction of sp³-hybridized carbons (Fsp3) is 0.471. The molecule has 3 atom stereocenters. The number of thioether (sulfide) groups is 1. The van der Waals surface area contributed by atoms with Crippen molar-refractivity contribution in [3.8, 4) is 5.75 Å². The van der Waals surface area contributed by atoms with E-state index >= 15 is 0 Å². The molecule has 1 aromatic carbocycles. The van der Waals surface area contributed by atoms with Crippen molar-refractivity contribution in [1.82, 2.24) is 10.2 Å². The molecule has 0 spiro atoms. The number of hydrogen-bond acceptors (Lipinski definition) is 6. The molecule has 2 N–H and O–H groups in total. The number of rotatable bonds is 6. The summed E-state index contributed by atoms with van der Waals surface area (Å²) in [7, 11) is 1.31. The minimum atomic E-state index is -1.58. The Kier molecular flexibility index (Phi) is 6.53. The molecule has 142 valence electrons. The molecule has 27 heavy (non-hydrogen) atoms. The summed E-state index contributed by atoms with van der Waals surface area (Å²) in [5, 5.41) is 11.4. The van der Waals surface area contributed by atoms with Gasteiger partial charge in [0.25, 0.3) is 17.5 Å². The Morgan fingerprint density at radius 1 is 1.30 bits per heavy atom. The summed E-state index contributed by atoms with van der Waals surface area (Å²) in [4.78, 5) is 37.8. The molecule has 0 saturated carbocycles. The maximum absolute atomic E-state index is 12.7. The number of amides is 2. The molecule has 10 heteroatoms. The van der Waals surface area contributed by atoms with Gasteiger partial charge in [-0.15, -0.1) is 11.8 Å². The van der Waals surface area contributed by atoms with E-state index in [0.717, 1.165) is 0 Å². The first kappa shape index (κ1) is 22.0. The standard InChI is InChI=1S/C17H20N2O6S.Na.H/c1-16(2)12(13(21)22)19-14(23)17(24-3,15(19)26-16)18-11(20)9-25-10-7-5-4-6-8-10;;/h4-8,12,15H,9H2,1-3H3,(H,18,20)(H,21,22);;/t12-,15+,17-;;/m0../s1. The van der Waals surface area contributed by atoms with Gasteiger partial charge < -0.3 is 24.8 Å². The van der Waals surface area contributed by atoms with Crippen molar-refractivity contribution in [2.45, 2.75) is 35.7 Å². The molecule has 0 aromatic heterocycles. The van der Waals surface area contributed by atoms with E-state index in [1.807, 2.05) is 6.07 Å². The fourth-order valence-corrected chi connectivity index (χ4v) is 4.96. The van der Waals surface area contributed by atoms with Crippen molar-refractivity contribution in [2.24, 2.45) is 0 Å². The summed E-state index contributed by atoms with van der Waals surface area (Å²) < 4.78 is 10.0. The van der Waals surface area contributed by atoms with E-state index in [9.17, 15) is 19.5 Å². The molecule has 2 heterocycles. The molecular formula is C17H21N2NaO6S. The van der Waals surface area contributed by atoms with E-state index in [-0.39, 0.29) is 36.2 Å². The third-order valence-corrected chi connectivity index (χ3v) is 6.11. The van der Waals surface area contributed by atoms with Crippen LogP contribution in [-0.4, -0.2) is 93.0 Å². The SMILES string of the molecule is CO[C@@]1(NC(=O)COc2ccccc2)C(=O)N2[C@@H](C(=O)O)C(C)(C)S[C@@H]21.[NaH]. The Balaban J connectivity index is 0.00000261. The molecule has 3 rings (SSSR count). The number of fused-ring (bicyclic) bond motifs is 1. The summed E-state index contributed by atoms with van der Waals surface area (Å²) in [6, 6.07) is 7.82. The molecule has 0 aliphatic carbocycles. The second kappa shape index (κ2) is 8.00. The van der Waals surface area contributed by atoms with Gasteiger partial charge in [0.15, 0.2) is 6.61 Å². The van der Waals surface area contributed by atoms with Crippen molar-refractivity contribution in [2.75, 3.05) is 13.7 Å². The molecule has 2 aliphatic heterocycles. The number of para-hydroxylation sites is 1. The van der Waals surface area contributed by atoms with Crippen LogP contribution in [0.5, 0.6) is 5.75 Å². The number of ether oxygens (including phenoxy) is 2. The monoisotopic (exact) mass is 404 g/mol. The number of carbonyl (C=O) groups excluding carboxylic acids is 2. The first-order valence-corrected chi connectivity index (χ1v) is 8.88. The quantitative estimate of drug-likeness (QED) is 0.391. The molecule has 2 fully saturated rings. The van der Waals surface area contributed by atoms with Crippen molar-refractivity contribution in [1.29, 1.82) is 0 Å². The second-order valence-electron chi connectivity index (χ2n) is 6.62. The Labute approximate surface area is 183 Å². The van der Waals surface area contributed by atoms with E-state index < -0.39 is 39.7 Å². The van der Waals surface area contributed by atoms with Crippen LogP contribution in [-0.2, 0) is 19.1 Å². The normalized spacial score (nSPS) is 27.8. The average Bonchev–Trinajstić information content (AvgIpc) is 2.88. The maximum atomic E-state index is 12.7. The summed E-state index contributed by atoms with van der Waals surface area (Å²) >= 11 is 1.29. The van der Waals surface area contributed by atoms with Gasteiger partial charge >= 0.3 is 35.5 Å². The van der Waals surface area contributed by atoms with Crippen molar-refractivity contribution >= 4 is 59.1 Å². The van der Waals surface area contributed by atoms with Gasteiger partial charge in [0, 0.05) is 11.9 Å². The number of carboxylic acid groups (broad SMARTS) is 1. The summed E-state index contributed by atoms with van der Waals surface area (Å²) in [5.74, 6) is -1.65. The Bertz CT molecular complexity index is 746. The predicted molar refractivity (Wildman–Crippen MR) is 101 cm³/mol. The number of β-lactam (4-membered cyclic amide) rings is 1. The number of hydrogen-bond donors (Lipinski definition) is 2. The fourth-order valence-electron chi connectivity index (χ4n) is 3.29. The number of carbonyl (C=O) groups is 3. The second-order valence-corrected chi connectivity index (χ2v) is 8.35. The number of nitrogens with one attached hydrogen (secondary N) is 1. The van der Waals surface area contributed by atoms with Gasteiger partial charge in [-0.3, -0.25) is 9.59 Å². The average molecular weight is 404 g/mol. The molecule has 1 aromatic rings. The molecule has 0 bridgehead atoms. The van der Waals surface area contributed by atoms with E-state index in [2.05, 4.69) is 5.32 Å². The Morgan fingerprint density at radius 2 is 1.93 bits per heavy atom. The van der Waals surface area contributed by atoms with Crippen molar-refractivity contribution in [3.63, 3.8) is 0 Å². The topological polar surface area (TPSA) is 105 Å². The van der Waals surface area contributed by atoms with E-state index in [1.54, 1.807) is 38.1 Å². The zero-order chi connectivity index (χ0) is 19.1. The molecule has 0 unspecified atom stereocenters. The molecular weight excluding hydrogens is 383 g/mol. The van der Waals surface area contributed by atoms with Gasteiger partial charge in [-0.2, -0.15) is 0 Å². The van der Waals surface area contributed by atoms with Crippen LogP contribution in [0.3, 0.4) is 0 Å². The molecule has 8 nitrogen and oxygen atoms in total. The number of benzene rings is 1. The molecule has 2 saturated heterocycles. The first-order chi connectivity index (χ1) is 12.2. The summed E-state index contributed by atoms with van der Waals surface area (Å²) in [5.41, 5.74) is -1.58. The Morgan fingerprint density at radius 3 is 2.48 bits per heavy atom. The van der Waals surface area contributed by atoms with Crippen LogP contribution in [0.2, 0.25) is 0 Å².